The van der Waals surface area contributed by atoms with Crippen molar-refractivity contribution in [3.8, 4) is 0 Å². The van der Waals surface area contributed by atoms with Crippen LogP contribution in [0.4, 0.5) is 5.82 Å². The molecule has 5 nitrogen and oxygen atoms in total. The van der Waals surface area contributed by atoms with Crippen LogP contribution < -0.4 is 10.2 Å². The first-order chi connectivity index (χ1) is 8.46. The number of hydrogen-bond donors (Lipinski definition) is 1. The topological polar surface area (TPSA) is 58.1 Å². The summed E-state index contributed by atoms with van der Waals surface area (Å²) >= 11 is 0. The van der Waals surface area contributed by atoms with E-state index in [1.807, 2.05) is 20.8 Å². The van der Waals surface area contributed by atoms with Crippen molar-refractivity contribution in [2.75, 3.05) is 18.0 Å². The van der Waals surface area contributed by atoms with Gasteiger partial charge >= 0.3 is 0 Å². The summed E-state index contributed by atoms with van der Waals surface area (Å²) in [5.41, 5.74) is 0.178. The van der Waals surface area contributed by atoms with Crippen LogP contribution in [0.5, 0.6) is 0 Å². The van der Waals surface area contributed by atoms with Crippen LogP contribution in [0.15, 0.2) is 12.4 Å². The van der Waals surface area contributed by atoms with Crippen molar-refractivity contribution in [2.24, 2.45) is 0 Å². The second kappa shape index (κ2) is 4.92. The van der Waals surface area contributed by atoms with Crippen LogP contribution in [0, 0.1) is 0 Å². The SMILES string of the molecule is CC(C)(C)NC(=O)c1cc(N2CCCC2)ncn1. The van der Waals surface area contributed by atoms with Gasteiger partial charge in [-0.2, -0.15) is 0 Å². The second-order valence-corrected chi connectivity index (χ2v) is 5.66. The minimum atomic E-state index is -0.254. The molecule has 1 aliphatic rings. The third-order valence-corrected chi connectivity index (χ3v) is 2.80. The Morgan fingerprint density at radius 2 is 1.94 bits per heavy atom. The van der Waals surface area contributed by atoms with E-state index >= 15 is 0 Å². The van der Waals surface area contributed by atoms with Crippen LogP contribution in [-0.4, -0.2) is 34.5 Å². The molecule has 1 amide bonds. The maximum Gasteiger partial charge on any atom is 0.270 e. The Labute approximate surface area is 108 Å². The minimum Gasteiger partial charge on any atom is -0.357 e. The summed E-state index contributed by atoms with van der Waals surface area (Å²) in [5.74, 6) is 0.701. The third kappa shape index (κ3) is 3.18. The van der Waals surface area contributed by atoms with Gasteiger partial charge in [0, 0.05) is 24.7 Å². The fourth-order valence-electron chi connectivity index (χ4n) is 2.00. The second-order valence-electron chi connectivity index (χ2n) is 5.66. The molecule has 1 aliphatic heterocycles. The molecule has 0 bridgehead atoms. The number of carbonyl (C=O) groups is 1. The molecule has 0 unspecified atom stereocenters. The summed E-state index contributed by atoms with van der Waals surface area (Å²) in [5, 5.41) is 2.91. The van der Waals surface area contributed by atoms with E-state index in [1.54, 1.807) is 6.07 Å². The molecule has 0 radical (unpaired) electrons. The monoisotopic (exact) mass is 248 g/mol. The maximum absolute atomic E-state index is 12.0. The number of nitrogens with one attached hydrogen (secondary N) is 1. The predicted molar refractivity (Wildman–Crippen MR) is 70.7 cm³/mol. The number of amides is 1. The number of aromatic nitrogens is 2. The van der Waals surface area contributed by atoms with E-state index in [2.05, 4.69) is 20.2 Å². The highest BCUT2D eigenvalue weighted by Crippen LogP contribution is 2.17. The lowest BCUT2D eigenvalue weighted by Crippen LogP contribution is -2.41. The summed E-state index contributed by atoms with van der Waals surface area (Å²) in [6.07, 6.45) is 3.84. The summed E-state index contributed by atoms with van der Waals surface area (Å²) in [7, 11) is 0. The highest BCUT2D eigenvalue weighted by Gasteiger charge is 2.19. The lowest BCUT2D eigenvalue weighted by molar-refractivity contribution is 0.0914. The first-order valence-corrected chi connectivity index (χ1v) is 6.35. The fourth-order valence-corrected chi connectivity index (χ4v) is 2.00. The van der Waals surface area contributed by atoms with E-state index in [4.69, 9.17) is 0 Å². The average molecular weight is 248 g/mol. The normalized spacial score (nSPS) is 15.8. The zero-order chi connectivity index (χ0) is 13.2. The summed E-state index contributed by atoms with van der Waals surface area (Å²) < 4.78 is 0. The molecule has 1 fully saturated rings. The molecule has 0 saturated carbocycles. The first-order valence-electron chi connectivity index (χ1n) is 6.35. The Balaban J connectivity index is 2.14. The van der Waals surface area contributed by atoms with Gasteiger partial charge in [-0.25, -0.2) is 9.97 Å². The van der Waals surface area contributed by atoms with E-state index in [-0.39, 0.29) is 11.4 Å². The van der Waals surface area contributed by atoms with Gasteiger partial charge in [0.05, 0.1) is 0 Å². The molecule has 1 aromatic heterocycles. The van der Waals surface area contributed by atoms with Gasteiger partial charge < -0.3 is 10.2 Å². The number of anilines is 1. The highest BCUT2D eigenvalue weighted by molar-refractivity contribution is 5.93. The van der Waals surface area contributed by atoms with Gasteiger partial charge in [0.2, 0.25) is 0 Å². The molecule has 5 heteroatoms. The van der Waals surface area contributed by atoms with Crippen molar-refractivity contribution >= 4 is 11.7 Å². The number of carbonyl (C=O) groups excluding carboxylic acids is 1. The standard InChI is InChI=1S/C13H20N4O/c1-13(2,3)16-12(18)10-8-11(15-9-14-10)17-6-4-5-7-17/h8-9H,4-7H2,1-3H3,(H,16,18). The average Bonchev–Trinajstić information content (AvgIpc) is 2.80. The van der Waals surface area contributed by atoms with Gasteiger partial charge in [-0.3, -0.25) is 4.79 Å². The molecular weight excluding hydrogens is 228 g/mol. The third-order valence-electron chi connectivity index (χ3n) is 2.80. The van der Waals surface area contributed by atoms with Crippen molar-refractivity contribution in [1.82, 2.24) is 15.3 Å². The van der Waals surface area contributed by atoms with Gasteiger partial charge in [-0.15, -0.1) is 0 Å². The lowest BCUT2D eigenvalue weighted by atomic mass is 10.1. The molecule has 0 spiro atoms. The van der Waals surface area contributed by atoms with E-state index in [9.17, 15) is 4.79 Å². The maximum atomic E-state index is 12.0. The zero-order valence-electron chi connectivity index (χ0n) is 11.2. The van der Waals surface area contributed by atoms with Gasteiger partial charge in [0.15, 0.2) is 0 Å². The van der Waals surface area contributed by atoms with Crippen LogP contribution in [0.25, 0.3) is 0 Å². The van der Waals surface area contributed by atoms with Crippen LogP contribution in [0.1, 0.15) is 44.1 Å². The molecule has 0 aromatic carbocycles. The van der Waals surface area contributed by atoms with E-state index in [0.717, 1.165) is 18.9 Å². The molecular formula is C13H20N4O. The smallest absolute Gasteiger partial charge is 0.270 e. The van der Waals surface area contributed by atoms with Crippen LogP contribution in [-0.2, 0) is 0 Å². The van der Waals surface area contributed by atoms with E-state index < -0.39 is 0 Å². The molecule has 1 aromatic rings. The summed E-state index contributed by atoms with van der Waals surface area (Å²) in [4.78, 5) is 22.5. The Morgan fingerprint density at radius 3 is 2.56 bits per heavy atom. The number of nitrogens with zero attached hydrogens (tertiary/aromatic N) is 3. The first kappa shape index (κ1) is 12.8. The number of hydrogen-bond acceptors (Lipinski definition) is 4. The van der Waals surface area contributed by atoms with Crippen molar-refractivity contribution < 1.29 is 4.79 Å². The molecule has 1 saturated heterocycles. The van der Waals surface area contributed by atoms with E-state index in [0.29, 0.717) is 5.69 Å². The Bertz CT molecular complexity index is 433. The highest BCUT2D eigenvalue weighted by atomic mass is 16.2. The molecule has 2 rings (SSSR count). The quantitative estimate of drug-likeness (QED) is 0.863. The van der Waals surface area contributed by atoms with Crippen LogP contribution in [0.2, 0.25) is 0 Å². The zero-order valence-corrected chi connectivity index (χ0v) is 11.2. The van der Waals surface area contributed by atoms with Gasteiger partial charge in [-0.1, -0.05) is 0 Å². The van der Waals surface area contributed by atoms with Gasteiger partial charge in [0.1, 0.15) is 17.8 Å². The largest absolute Gasteiger partial charge is 0.357 e. The Hall–Kier alpha value is -1.65. The van der Waals surface area contributed by atoms with Crippen molar-refractivity contribution in [1.29, 1.82) is 0 Å². The summed E-state index contributed by atoms with van der Waals surface area (Å²) in [6, 6.07) is 1.77. The molecule has 2 heterocycles. The van der Waals surface area contributed by atoms with Crippen LogP contribution in [0.3, 0.4) is 0 Å². The Kier molecular flexibility index (Phi) is 3.50. The molecule has 1 N–H and O–H groups in total. The Morgan fingerprint density at radius 1 is 1.28 bits per heavy atom. The minimum absolute atomic E-state index is 0.148. The molecule has 0 atom stereocenters. The molecule has 18 heavy (non-hydrogen) atoms. The van der Waals surface area contributed by atoms with Gasteiger partial charge in [0.25, 0.3) is 5.91 Å². The predicted octanol–water partition coefficient (Wildman–Crippen LogP) is 1.61. The van der Waals surface area contributed by atoms with Crippen molar-refractivity contribution in [2.45, 2.75) is 39.2 Å². The van der Waals surface area contributed by atoms with Crippen molar-refractivity contribution in [3.05, 3.63) is 18.1 Å². The van der Waals surface area contributed by atoms with E-state index in [1.165, 1.54) is 19.2 Å². The molecule has 98 valence electrons. The fraction of sp³-hybridized carbons (Fsp3) is 0.615. The van der Waals surface area contributed by atoms with Gasteiger partial charge in [-0.05, 0) is 33.6 Å². The lowest BCUT2D eigenvalue weighted by Gasteiger charge is -2.21. The van der Waals surface area contributed by atoms with Crippen molar-refractivity contribution in [3.63, 3.8) is 0 Å². The number of rotatable bonds is 2. The molecule has 0 aliphatic carbocycles. The van der Waals surface area contributed by atoms with Crippen LogP contribution >= 0.6 is 0 Å². The summed E-state index contributed by atoms with van der Waals surface area (Å²) in [6.45, 7) is 7.88.